The van der Waals surface area contributed by atoms with Crippen LogP contribution < -0.4 is 4.90 Å². The molecule has 2 aliphatic rings. The van der Waals surface area contributed by atoms with Crippen molar-refractivity contribution in [1.29, 1.82) is 0 Å². The van der Waals surface area contributed by atoms with Gasteiger partial charge in [0, 0.05) is 38.3 Å². The summed E-state index contributed by atoms with van der Waals surface area (Å²) in [5, 5.41) is 32.1. The Kier molecular flexibility index (Phi) is 16.1. The molecule has 2 atom stereocenters. The molecule has 1 aromatic carbocycles. The Labute approximate surface area is 260 Å². The van der Waals surface area contributed by atoms with Crippen LogP contribution in [-0.2, 0) is 0 Å². The highest BCUT2D eigenvalue weighted by Crippen LogP contribution is 2.33. The van der Waals surface area contributed by atoms with E-state index in [1.165, 1.54) is 77.0 Å². The lowest BCUT2D eigenvalue weighted by Gasteiger charge is -2.38. The van der Waals surface area contributed by atoms with Gasteiger partial charge in [0.15, 0.2) is 0 Å². The summed E-state index contributed by atoms with van der Waals surface area (Å²) in [5.74, 6) is 0. The summed E-state index contributed by atoms with van der Waals surface area (Å²) in [6, 6.07) is 8.38. The van der Waals surface area contributed by atoms with E-state index in [9.17, 15) is 20.3 Å². The predicted molar refractivity (Wildman–Crippen MR) is 179 cm³/mol. The van der Waals surface area contributed by atoms with E-state index in [0.717, 1.165) is 55.8 Å². The first-order chi connectivity index (χ1) is 20.9. The summed E-state index contributed by atoms with van der Waals surface area (Å²) in [4.78, 5) is 15.5. The highest BCUT2D eigenvalue weighted by Gasteiger charge is 2.26. The molecule has 7 nitrogen and oxygen atoms in total. The van der Waals surface area contributed by atoms with Crippen molar-refractivity contribution >= 4 is 11.3 Å². The molecule has 0 bridgehead atoms. The third kappa shape index (κ3) is 12.2. The molecule has 3 rings (SSSR count). The zero-order chi connectivity index (χ0) is 30.9. The van der Waals surface area contributed by atoms with Crippen LogP contribution in [0.1, 0.15) is 122 Å². The van der Waals surface area contributed by atoms with E-state index in [1.807, 2.05) is 0 Å². The van der Waals surface area contributed by atoms with Crippen LogP contribution in [0.3, 0.4) is 0 Å². The van der Waals surface area contributed by atoms with Crippen LogP contribution in [0.15, 0.2) is 53.8 Å². The number of aliphatic hydroxyl groups is 2. The summed E-state index contributed by atoms with van der Waals surface area (Å²) >= 11 is 0. The van der Waals surface area contributed by atoms with Gasteiger partial charge in [-0.3, -0.25) is 15.0 Å². The maximum atomic E-state index is 11.3. The van der Waals surface area contributed by atoms with Crippen LogP contribution in [0.4, 0.5) is 5.69 Å². The van der Waals surface area contributed by atoms with E-state index in [4.69, 9.17) is 0 Å². The molecule has 240 valence electrons. The van der Waals surface area contributed by atoms with Gasteiger partial charge < -0.3 is 15.1 Å². The first kappa shape index (κ1) is 35.0. The molecule has 0 saturated carbocycles. The highest BCUT2D eigenvalue weighted by molar-refractivity contribution is 5.71. The maximum absolute atomic E-state index is 11.3. The first-order valence-electron chi connectivity index (χ1n) is 17.1. The largest absolute Gasteiger partial charge is 0.388 e. The van der Waals surface area contributed by atoms with Crippen LogP contribution in [0, 0.1) is 10.1 Å². The topological polar surface area (TPSA) is 90.1 Å². The van der Waals surface area contributed by atoms with Gasteiger partial charge in [-0.05, 0) is 81.2 Å². The number of rotatable bonds is 20. The van der Waals surface area contributed by atoms with Gasteiger partial charge in [0.1, 0.15) is 6.23 Å². The Balaban J connectivity index is 1.28. The molecule has 1 aromatic rings. The minimum absolute atomic E-state index is 0.118. The quantitative estimate of drug-likeness (QED) is 0.0683. The maximum Gasteiger partial charge on any atom is 0.252 e. The van der Waals surface area contributed by atoms with Crippen molar-refractivity contribution in [1.82, 2.24) is 4.90 Å². The smallest absolute Gasteiger partial charge is 0.252 e. The number of nitro groups is 1. The Hall–Kier alpha value is -2.48. The number of piperazine rings is 1. The van der Waals surface area contributed by atoms with Gasteiger partial charge in [-0.2, -0.15) is 0 Å². The van der Waals surface area contributed by atoms with E-state index in [2.05, 4.69) is 53.1 Å². The van der Waals surface area contributed by atoms with E-state index in [-0.39, 0.29) is 16.8 Å². The van der Waals surface area contributed by atoms with Gasteiger partial charge >= 0.3 is 0 Å². The first-order valence-corrected chi connectivity index (χ1v) is 17.1. The fraction of sp³-hybridized carbons (Fsp3) is 0.667. The highest BCUT2D eigenvalue weighted by atomic mass is 16.6. The van der Waals surface area contributed by atoms with Gasteiger partial charge in [-0.15, -0.1) is 0 Å². The lowest BCUT2D eigenvalue weighted by Crippen LogP contribution is -2.50. The predicted octanol–water partition coefficient (Wildman–Crippen LogP) is 8.25. The number of aliphatic hydroxyl groups excluding tert-OH is 2. The molecular formula is C36H57N3O4. The summed E-state index contributed by atoms with van der Waals surface area (Å²) < 4.78 is 0. The molecule has 0 amide bonds. The van der Waals surface area contributed by atoms with Crippen LogP contribution in [0.5, 0.6) is 0 Å². The summed E-state index contributed by atoms with van der Waals surface area (Å²) in [6.45, 7) is 7.32. The number of anilines is 1. The Morgan fingerprint density at radius 3 is 2.00 bits per heavy atom. The van der Waals surface area contributed by atoms with E-state index < -0.39 is 6.10 Å². The molecule has 2 unspecified atom stereocenters. The summed E-state index contributed by atoms with van der Waals surface area (Å²) in [6.07, 6.45) is 23.9. The van der Waals surface area contributed by atoms with Gasteiger partial charge in [0.25, 0.3) is 5.70 Å². The molecule has 1 aliphatic heterocycles. The van der Waals surface area contributed by atoms with Crippen molar-refractivity contribution in [2.45, 2.75) is 129 Å². The molecular weight excluding hydrogens is 538 g/mol. The van der Waals surface area contributed by atoms with Crippen LogP contribution in [-0.4, -0.2) is 58.5 Å². The van der Waals surface area contributed by atoms with E-state index in [0.29, 0.717) is 18.4 Å². The van der Waals surface area contributed by atoms with E-state index >= 15 is 0 Å². The number of unbranched alkanes of at least 4 members (excludes halogenated alkanes) is 11. The van der Waals surface area contributed by atoms with Crippen molar-refractivity contribution in [3.63, 3.8) is 0 Å². The number of hydrogen-bond donors (Lipinski definition) is 2. The average Bonchev–Trinajstić information content (AvgIpc) is 3.02. The molecule has 0 radical (unpaired) electrons. The molecule has 43 heavy (non-hydrogen) atoms. The normalized spacial score (nSPS) is 17.9. The molecule has 1 saturated heterocycles. The third-order valence-electron chi connectivity index (χ3n) is 9.03. The number of hydrogen-bond acceptors (Lipinski definition) is 6. The van der Waals surface area contributed by atoms with Gasteiger partial charge in [0.05, 0.1) is 16.6 Å². The van der Waals surface area contributed by atoms with Gasteiger partial charge in [-0.25, -0.2) is 0 Å². The van der Waals surface area contributed by atoms with Crippen LogP contribution >= 0.6 is 0 Å². The number of allylic oxidation sites excluding steroid dienone is 4. The third-order valence-corrected chi connectivity index (χ3v) is 9.03. The van der Waals surface area contributed by atoms with Crippen LogP contribution in [0.25, 0.3) is 5.57 Å². The zero-order valence-electron chi connectivity index (χ0n) is 26.9. The Morgan fingerprint density at radius 1 is 0.837 bits per heavy atom. The lowest BCUT2D eigenvalue weighted by molar-refractivity contribution is -0.429. The van der Waals surface area contributed by atoms with E-state index in [1.54, 1.807) is 13.0 Å². The Morgan fingerprint density at radius 2 is 1.42 bits per heavy atom. The molecule has 1 aliphatic carbocycles. The van der Waals surface area contributed by atoms with Crippen molar-refractivity contribution < 1.29 is 15.1 Å². The summed E-state index contributed by atoms with van der Waals surface area (Å²) in [7, 11) is 0. The standard InChI is InChI=1S/C36H57N3O4/c1-3-4-5-6-7-8-9-10-11-12-13-14-15-16-17-18-36(41)38-27-25-37(26-28-38)33-22-19-31(20-23-33)32-21-24-35(39(42)43)34(29-32)30(2)40/h10-11,19-20,22-23,29-30,36,40-41H,3-9,12-18,21,24-28H2,1-2H3/b11-10-. The molecule has 0 aromatic heterocycles. The number of nitrogens with zero attached hydrogens (tertiary/aromatic N) is 3. The fourth-order valence-corrected chi connectivity index (χ4v) is 6.27. The molecule has 2 N–H and O–H groups in total. The number of benzene rings is 1. The fourth-order valence-electron chi connectivity index (χ4n) is 6.27. The monoisotopic (exact) mass is 595 g/mol. The van der Waals surface area contributed by atoms with Gasteiger partial charge in [0.2, 0.25) is 0 Å². The van der Waals surface area contributed by atoms with Crippen molar-refractivity contribution in [2.75, 3.05) is 31.1 Å². The van der Waals surface area contributed by atoms with Crippen molar-refractivity contribution in [3.05, 3.63) is 69.4 Å². The van der Waals surface area contributed by atoms with Crippen molar-refractivity contribution in [3.8, 4) is 0 Å². The molecule has 0 spiro atoms. The minimum atomic E-state index is -0.863. The second-order valence-corrected chi connectivity index (χ2v) is 12.4. The van der Waals surface area contributed by atoms with Gasteiger partial charge in [-0.1, -0.05) is 82.6 Å². The zero-order valence-corrected chi connectivity index (χ0v) is 26.9. The summed E-state index contributed by atoms with van der Waals surface area (Å²) in [5.41, 5.74) is 3.75. The molecule has 1 fully saturated rings. The minimum Gasteiger partial charge on any atom is -0.388 e. The lowest BCUT2D eigenvalue weighted by atomic mass is 9.90. The molecule has 7 heteroatoms. The molecule has 1 heterocycles. The second kappa shape index (κ2) is 19.7. The second-order valence-electron chi connectivity index (χ2n) is 12.4. The SMILES string of the molecule is CCCCCCCC/C=C\CCCCCCCC(O)N1CCN(c2ccc(C3=CC(C(C)O)=C([N+](=O)[O-])CC3)cc2)CC1. The van der Waals surface area contributed by atoms with Crippen LogP contribution in [0.2, 0.25) is 0 Å². The Bertz CT molecular complexity index is 1040. The average molecular weight is 596 g/mol. The van der Waals surface area contributed by atoms with Crippen molar-refractivity contribution in [2.24, 2.45) is 0 Å².